The first-order chi connectivity index (χ1) is 13.3. The van der Waals surface area contributed by atoms with Crippen molar-refractivity contribution in [2.24, 2.45) is 0 Å². The van der Waals surface area contributed by atoms with Gasteiger partial charge in [-0.3, -0.25) is 4.79 Å². The Morgan fingerprint density at radius 3 is 2.32 bits per heavy atom. The van der Waals surface area contributed by atoms with Crippen molar-refractivity contribution in [3.05, 3.63) is 72.3 Å². The van der Waals surface area contributed by atoms with E-state index in [-0.39, 0.29) is 5.91 Å². The number of ether oxygens (including phenoxy) is 2. The minimum absolute atomic E-state index is 0.322. The molecule has 2 aromatic rings. The number of anilines is 1. The van der Waals surface area contributed by atoms with Crippen LogP contribution in [0.4, 0.5) is 10.5 Å². The standard InChI is InChI=1S/C23H25NO4/c1-6-15-23(17-12-8-10-14-19(17)27-5)16-11-7-9-13-18(16)24(20(23)25)21(26)28-22(2,3)4/h6-14H,1,15H2,2-5H3. The number of nitrogens with zero attached hydrogens (tertiary/aromatic N) is 1. The second kappa shape index (κ2) is 7.15. The SMILES string of the molecule is C=CCC1(c2ccccc2OC)C(=O)N(C(=O)OC(C)(C)C)c2ccccc21. The largest absolute Gasteiger partial charge is 0.496 e. The fourth-order valence-electron chi connectivity index (χ4n) is 3.72. The number of carbonyl (C=O) groups excluding carboxylic acids is 2. The van der Waals surface area contributed by atoms with Crippen LogP contribution in [-0.2, 0) is 14.9 Å². The van der Waals surface area contributed by atoms with Crippen molar-refractivity contribution in [1.29, 1.82) is 0 Å². The van der Waals surface area contributed by atoms with E-state index in [1.54, 1.807) is 46.1 Å². The summed E-state index contributed by atoms with van der Waals surface area (Å²) in [4.78, 5) is 27.9. The highest BCUT2D eigenvalue weighted by atomic mass is 16.6. The van der Waals surface area contributed by atoms with Crippen LogP contribution < -0.4 is 9.64 Å². The molecule has 0 N–H and O–H groups in total. The van der Waals surface area contributed by atoms with Gasteiger partial charge in [0.15, 0.2) is 0 Å². The number of methoxy groups -OCH3 is 1. The molecule has 0 saturated carbocycles. The van der Waals surface area contributed by atoms with Gasteiger partial charge in [-0.1, -0.05) is 42.5 Å². The Morgan fingerprint density at radius 1 is 1.11 bits per heavy atom. The van der Waals surface area contributed by atoms with Crippen molar-refractivity contribution < 1.29 is 19.1 Å². The molecule has 28 heavy (non-hydrogen) atoms. The first kappa shape index (κ1) is 19.7. The maximum Gasteiger partial charge on any atom is 0.421 e. The zero-order chi connectivity index (χ0) is 20.5. The van der Waals surface area contributed by atoms with Gasteiger partial charge >= 0.3 is 6.09 Å². The van der Waals surface area contributed by atoms with Crippen LogP contribution in [0, 0.1) is 0 Å². The Labute approximate surface area is 165 Å². The van der Waals surface area contributed by atoms with Crippen LogP contribution in [0.3, 0.4) is 0 Å². The Kier molecular flexibility index (Phi) is 5.02. The quantitative estimate of drug-likeness (QED) is 0.714. The van der Waals surface area contributed by atoms with Crippen LogP contribution in [0.2, 0.25) is 0 Å². The van der Waals surface area contributed by atoms with E-state index in [9.17, 15) is 9.59 Å². The molecule has 1 atom stereocenters. The topological polar surface area (TPSA) is 55.8 Å². The summed E-state index contributed by atoms with van der Waals surface area (Å²) in [6, 6.07) is 14.7. The second-order valence-corrected chi connectivity index (χ2v) is 7.74. The number of carbonyl (C=O) groups is 2. The molecule has 1 aliphatic heterocycles. The minimum Gasteiger partial charge on any atom is -0.496 e. The van der Waals surface area contributed by atoms with Crippen LogP contribution in [0.1, 0.15) is 38.3 Å². The molecular weight excluding hydrogens is 354 g/mol. The van der Waals surface area contributed by atoms with E-state index < -0.39 is 17.1 Å². The molecule has 0 spiro atoms. The van der Waals surface area contributed by atoms with Gasteiger partial charge in [0.25, 0.3) is 5.91 Å². The van der Waals surface area contributed by atoms with E-state index in [0.717, 1.165) is 10.5 Å². The molecule has 0 radical (unpaired) electrons. The zero-order valence-electron chi connectivity index (χ0n) is 16.7. The summed E-state index contributed by atoms with van der Waals surface area (Å²) in [6.07, 6.45) is 1.33. The molecule has 1 aliphatic rings. The Morgan fingerprint density at radius 2 is 1.71 bits per heavy atom. The van der Waals surface area contributed by atoms with Gasteiger partial charge in [0, 0.05) is 5.56 Å². The van der Waals surface area contributed by atoms with Crippen molar-refractivity contribution in [1.82, 2.24) is 0 Å². The van der Waals surface area contributed by atoms with E-state index in [2.05, 4.69) is 6.58 Å². The summed E-state index contributed by atoms with van der Waals surface area (Å²) < 4.78 is 11.1. The van der Waals surface area contributed by atoms with Crippen LogP contribution in [0.5, 0.6) is 5.75 Å². The predicted molar refractivity (Wildman–Crippen MR) is 109 cm³/mol. The van der Waals surface area contributed by atoms with Gasteiger partial charge in [-0.25, -0.2) is 9.69 Å². The molecule has 0 aliphatic carbocycles. The Hall–Kier alpha value is -3.08. The molecule has 2 aromatic carbocycles. The van der Waals surface area contributed by atoms with Gasteiger partial charge in [0.05, 0.1) is 12.8 Å². The molecule has 5 heteroatoms. The molecule has 3 rings (SSSR count). The number of rotatable bonds is 4. The number of benzene rings is 2. The maximum absolute atomic E-state index is 13.8. The van der Waals surface area contributed by atoms with Crippen LogP contribution >= 0.6 is 0 Å². The number of hydrogen-bond acceptors (Lipinski definition) is 4. The van der Waals surface area contributed by atoms with Crippen molar-refractivity contribution in [3.63, 3.8) is 0 Å². The van der Waals surface area contributed by atoms with E-state index >= 15 is 0 Å². The highest BCUT2D eigenvalue weighted by molar-refractivity contribution is 6.22. The molecular formula is C23H25NO4. The summed E-state index contributed by atoms with van der Waals surface area (Å²) >= 11 is 0. The molecule has 1 unspecified atom stereocenters. The average molecular weight is 379 g/mol. The van der Waals surface area contributed by atoms with Gasteiger partial charge < -0.3 is 9.47 Å². The fraction of sp³-hybridized carbons (Fsp3) is 0.304. The second-order valence-electron chi connectivity index (χ2n) is 7.74. The fourth-order valence-corrected chi connectivity index (χ4v) is 3.72. The Bertz CT molecular complexity index is 928. The van der Waals surface area contributed by atoms with Crippen molar-refractivity contribution >= 4 is 17.7 Å². The molecule has 0 aromatic heterocycles. The normalized spacial score (nSPS) is 18.6. The molecule has 0 fully saturated rings. The first-order valence-electron chi connectivity index (χ1n) is 9.17. The number of fused-ring (bicyclic) bond motifs is 1. The average Bonchev–Trinajstić information content (AvgIpc) is 2.90. The third-order valence-corrected chi connectivity index (χ3v) is 4.77. The Balaban J connectivity index is 2.26. The van der Waals surface area contributed by atoms with Crippen LogP contribution in [0.25, 0.3) is 0 Å². The molecule has 146 valence electrons. The van der Waals surface area contributed by atoms with Crippen LogP contribution in [-0.4, -0.2) is 24.7 Å². The number of allylic oxidation sites excluding steroid dienone is 1. The highest BCUT2D eigenvalue weighted by Gasteiger charge is 2.55. The first-order valence-corrected chi connectivity index (χ1v) is 9.17. The molecule has 2 amide bonds. The van der Waals surface area contributed by atoms with Crippen molar-refractivity contribution in [2.75, 3.05) is 12.0 Å². The van der Waals surface area contributed by atoms with Crippen LogP contribution in [0.15, 0.2) is 61.2 Å². The summed E-state index contributed by atoms with van der Waals surface area (Å²) in [7, 11) is 1.57. The minimum atomic E-state index is -1.11. The molecule has 0 saturated heterocycles. The highest BCUT2D eigenvalue weighted by Crippen LogP contribution is 2.51. The lowest BCUT2D eigenvalue weighted by molar-refractivity contribution is -0.121. The van der Waals surface area contributed by atoms with Gasteiger partial charge in [0.1, 0.15) is 16.8 Å². The third kappa shape index (κ3) is 3.07. The monoisotopic (exact) mass is 379 g/mol. The lowest BCUT2D eigenvalue weighted by atomic mass is 9.72. The van der Waals surface area contributed by atoms with E-state index in [1.807, 2.05) is 36.4 Å². The number of imide groups is 1. The molecule has 5 nitrogen and oxygen atoms in total. The smallest absolute Gasteiger partial charge is 0.421 e. The summed E-state index contributed by atoms with van der Waals surface area (Å²) in [6.45, 7) is 9.18. The van der Waals surface area contributed by atoms with Gasteiger partial charge in [-0.2, -0.15) is 0 Å². The predicted octanol–water partition coefficient (Wildman–Crippen LogP) is 4.84. The lowest BCUT2D eigenvalue weighted by Gasteiger charge is -2.30. The number of hydrogen-bond donors (Lipinski definition) is 0. The maximum atomic E-state index is 13.8. The van der Waals surface area contributed by atoms with E-state index in [1.165, 1.54) is 0 Å². The molecule has 1 heterocycles. The van der Waals surface area contributed by atoms with Crippen molar-refractivity contribution in [2.45, 2.75) is 38.2 Å². The summed E-state index contributed by atoms with van der Waals surface area (Å²) in [5.41, 5.74) is 0.119. The van der Waals surface area contributed by atoms with Gasteiger partial charge in [0.2, 0.25) is 0 Å². The van der Waals surface area contributed by atoms with E-state index in [0.29, 0.717) is 23.4 Å². The number of para-hydroxylation sites is 2. The zero-order valence-corrected chi connectivity index (χ0v) is 16.7. The van der Waals surface area contributed by atoms with Gasteiger partial charge in [-0.05, 0) is 44.9 Å². The van der Waals surface area contributed by atoms with Crippen molar-refractivity contribution in [3.8, 4) is 5.75 Å². The van der Waals surface area contributed by atoms with Gasteiger partial charge in [-0.15, -0.1) is 6.58 Å². The summed E-state index contributed by atoms with van der Waals surface area (Å²) in [5, 5.41) is 0. The third-order valence-electron chi connectivity index (χ3n) is 4.77. The molecule has 0 bridgehead atoms. The summed E-state index contributed by atoms with van der Waals surface area (Å²) in [5.74, 6) is 0.214. The lowest BCUT2D eigenvalue weighted by Crippen LogP contribution is -2.45. The van der Waals surface area contributed by atoms with E-state index in [4.69, 9.17) is 9.47 Å². The number of amides is 2.